The minimum Gasteiger partial charge on any atom is -0.469 e. The van der Waals surface area contributed by atoms with Gasteiger partial charge < -0.3 is 4.74 Å². The first kappa shape index (κ1) is 11.0. The number of esters is 1. The molecule has 0 bridgehead atoms. The van der Waals surface area contributed by atoms with Gasteiger partial charge in [0, 0.05) is 0 Å². The maximum atomic E-state index is 11.5. The van der Waals surface area contributed by atoms with Gasteiger partial charge in [0.05, 0.1) is 13.0 Å². The van der Waals surface area contributed by atoms with Gasteiger partial charge in [-0.1, -0.05) is 17.2 Å². The van der Waals surface area contributed by atoms with Gasteiger partial charge in [-0.2, -0.15) is 0 Å². The first-order valence-electron chi connectivity index (χ1n) is 4.95. The number of allylic oxidation sites excluding steroid dienone is 3. The molecule has 1 fully saturated rings. The van der Waals surface area contributed by atoms with Crippen molar-refractivity contribution in [2.45, 2.75) is 26.7 Å². The second kappa shape index (κ2) is 4.45. The van der Waals surface area contributed by atoms with Gasteiger partial charge in [0.25, 0.3) is 0 Å². The van der Waals surface area contributed by atoms with Crippen LogP contribution in [0.15, 0.2) is 23.8 Å². The summed E-state index contributed by atoms with van der Waals surface area (Å²) in [5.41, 5.74) is 2.70. The van der Waals surface area contributed by atoms with Crippen LogP contribution in [0.4, 0.5) is 0 Å². The van der Waals surface area contributed by atoms with E-state index in [9.17, 15) is 4.79 Å². The van der Waals surface area contributed by atoms with Crippen LogP contribution in [0, 0.1) is 11.8 Å². The predicted molar refractivity (Wildman–Crippen MR) is 56.8 cm³/mol. The van der Waals surface area contributed by atoms with E-state index in [0.717, 1.165) is 12.8 Å². The monoisotopic (exact) mass is 194 g/mol. The highest BCUT2D eigenvalue weighted by atomic mass is 16.5. The fourth-order valence-corrected chi connectivity index (χ4v) is 1.99. The van der Waals surface area contributed by atoms with E-state index >= 15 is 0 Å². The minimum atomic E-state index is -0.105. The quantitative estimate of drug-likeness (QED) is 0.499. The molecule has 2 unspecified atom stereocenters. The van der Waals surface area contributed by atoms with Crippen LogP contribution < -0.4 is 0 Å². The number of ether oxygens (including phenoxy) is 1. The summed E-state index contributed by atoms with van der Waals surface area (Å²) < 4.78 is 4.78. The third-order valence-corrected chi connectivity index (χ3v) is 2.98. The number of carbonyl (C=O) groups is 1. The lowest BCUT2D eigenvalue weighted by atomic mass is 9.97. The first-order chi connectivity index (χ1) is 6.60. The van der Waals surface area contributed by atoms with Gasteiger partial charge in [-0.15, -0.1) is 6.58 Å². The number of methoxy groups -OCH3 is 1. The third-order valence-electron chi connectivity index (χ3n) is 2.98. The highest BCUT2D eigenvalue weighted by molar-refractivity contribution is 5.74. The van der Waals surface area contributed by atoms with Crippen LogP contribution in [-0.4, -0.2) is 13.1 Å². The Bertz CT molecular complexity index is 272. The molecule has 2 atom stereocenters. The largest absolute Gasteiger partial charge is 0.469 e. The molecular formula is C12H18O2. The van der Waals surface area contributed by atoms with Gasteiger partial charge in [0.2, 0.25) is 0 Å². The molecule has 0 aliphatic heterocycles. The normalized spacial score (nSPS) is 26.1. The van der Waals surface area contributed by atoms with Crippen LogP contribution in [0.3, 0.4) is 0 Å². The maximum Gasteiger partial charge on any atom is 0.309 e. The third kappa shape index (κ3) is 2.06. The summed E-state index contributed by atoms with van der Waals surface area (Å²) in [6.07, 6.45) is 3.68. The van der Waals surface area contributed by atoms with Crippen molar-refractivity contribution in [3.63, 3.8) is 0 Å². The molecule has 0 aromatic rings. The Hall–Kier alpha value is -1.05. The molecular weight excluding hydrogens is 176 g/mol. The number of hydrogen-bond acceptors (Lipinski definition) is 2. The van der Waals surface area contributed by atoms with E-state index in [2.05, 4.69) is 20.4 Å². The van der Waals surface area contributed by atoms with Crippen LogP contribution in [-0.2, 0) is 9.53 Å². The molecule has 0 heterocycles. The molecule has 0 N–H and O–H groups in total. The van der Waals surface area contributed by atoms with E-state index in [4.69, 9.17) is 4.74 Å². The topological polar surface area (TPSA) is 26.3 Å². The fraction of sp³-hybridized carbons (Fsp3) is 0.583. The highest BCUT2D eigenvalue weighted by Crippen LogP contribution is 2.38. The van der Waals surface area contributed by atoms with Gasteiger partial charge in [0.15, 0.2) is 0 Å². The van der Waals surface area contributed by atoms with Crippen LogP contribution in [0.1, 0.15) is 26.7 Å². The summed E-state index contributed by atoms with van der Waals surface area (Å²) in [4.78, 5) is 11.5. The Morgan fingerprint density at radius 1 is 1.50 bits per heavy atom. The minimum absolute atomic E-state index is 0.0117. The van der Waals surface area contributed by atoms with Crippen LogP contribution in [0.25, 0.3) is 0 Å². The summed E-state index contributed by atoms with van der Waals surface area (Å²) in [5, 5.41) is 0. The van der Waals surface area contributed by atoms with Crippen molar-refractivity contribution >= 4 is 5.97 Å². The van der Waals surface area contributed by atoms with E-state index in [1.165, 1.54) is 18.3 Å². The van der Waals surface area contributed by atoms with E-state index in [1.54, 1.807) is 0 Å². The van der Waals surface area contributed by atoms with Gasteiger partial charge in [-0.25, -0.2) is 0 Å². The van der Waals surface area contributed by atoms with E-state index in [0.29, 0.717) is 0 Å². The van der Waals surface area contributed by atoms with Crippen LogP contribution in [0.2, 0.25) is 0 Å². The van der Waals surface area contributed by atoms with Crippen molar-refractivity contribution in [2.75, 3.05) is 7.11 Å². The second-order valence-corrected chi connectivity index (χ2v) is 4.04. The predicted octanol–water partition coefficient (Wildman–Crippen LogP) is 2.71. The van der Waals surface area contributed by atoms with Crippen molar-refractivity contribution in [3.05, 3.63) is 23.8 Å². The zero-order valence-electron chi connectivity index (χ0n) is 9.17. The summed E-state index contributed by atoms with van der Waals surface area (Å²) in [6.45, 7) is 7.96. The van der Waals surface area contributed by atoms with Crippen molar-refractivity contribution in [1.29, 1.82) is 0 Å². The maximum absolute atomic E-state index is 11.5. The van der Waals surface area contributed by atoms with Crippen LogP contribution >= 0.6 is 0 Å². The zero-order chi connectivity index (χ0) is 10.7. The summed E-state index contributed by atoms with van der Waals surface area (Å²) in [5.74, 6) is 0.140. The standard InChI is InChI=1S/C12H18O2/c1-5-9-6-10(8(2)3)7-11(9)12(13)14-4/h5,9,11H,1,6-7H2,2-4H3. The molecule has 1 saturated carbocycles. The molecule has 78 valence electrons. The lowest BCUT2D eigenvalue weighted by molar-refractivity contribution is -0.146. The van der Waals surface area contributed by atoms with E-state index < -0.39 is 0 Å². The Morgan fingerprint density at radius 2 is 2.14 bits per heavy atom. The van der Waals surface area contributed by atoms with Crippen molar-refractivity contribution in [3.8, 4) is 0 Å². The molecule has 1 rings (SSSR count). The molecule has 1 aliphatic rings. The fourth-order valence-electron chi connectivity index (χ4n) is 1.99. The number of rotatable bonds is 2. The summed E-state index contributed by atoms with van der Waals surface area (Å²) >= 11 is 0. The average Bonchev–Trinajstić information content (AvgIpc) is 2.60. The first-order valence-corrected chi connectivity index (χ1v) is 4.95. The number of hydrogen-bond donors (Lipinski definition) is 0. The van der Waals surface area contributed by atoms with Crippen molar-refractivity contribution in [1.82, 2.24) is 0 Å². The SMILES string of the molecule is C=CC1CC(=C(C)C)CC1C(=O)OC. The number of carbonyl (C=O) groups excluding carboxylic acids is 1. The smallest absolute Gasteiger partial charge is 0.309 e. The van der Waals surface area contributed by atoms with Crippen LogP contribution in [0.5, 0.6) is 0 Å². The molecule has 1 aliphatic carbocycles. The van der Waals surface area contributed by atoms with E-state index in [1.807, 2.05) is 6.08 Å². The molecule has 0 amide bonds. The molecule has 2 nitrogen and oxygen atoms in total. The molecule has 0 saturated heterocycles. The molecule has 14 heavy (non-hydrogen) atoms. The van der Waals surface area contributed by atoms with Gasteiger partial charge in [-0.05, 0) is 32.6 Å². The molecule has 0 spiro atoms. The average molecular weight is 194 g/mol. The van der Waals surface area contributed by atoms with Gasteiger partial charge >= 0.3 is 5.97 Å². The molecule has 2 heteroatoms. The van der Waals surface area contributed by atoms with Crippen molar-refractivity contribution < 1.29 is 9.53 Å². The molecule has 0 radical (unpaired) electrons. The Kier molecular flexibility index (Phi) is 3.50. The molecule has 0 aromatic heterocycles. The lowest BCUT2D eigenvalue weighted by Gasteiger charge is -2.11. The van der Waals surface area contributed by atoms with Crippen molar-refractivity contribution in [2.24, 2.45) is 11.8 Å². The zero-order valence-corrected chi connectivity index (χ0v) is 9.17. The second-order valence-electron chi connectivity index (χ2n) is 4.04. The Balaban J connectivity index is 2.83. The van der Waals surface area contributed by atoms with Gasteiger partial charge in [-0.3, -0.25) is 4.79 Å². The summed E-state index contributed by atoms with van der Waals surface area (Å²) in [7, 11) is 1.45. The Morgan fingerprint density at radius 3 is 2.57 bits per heavy atom. The lowest BCUT2D eigenvalue weighted by Crippen LogP contribution is -2.18. The highest BCUT2D eigenvalue weighted by Gasteiger charge is 2.34. The van der Waals surface area contributed by atoms with E-state index in [-0.39, 0.29) is 17.8 Å². The summed E-state index contributed by atoms with van der Waals surface area (Å²) in [6, 6.07) is 0. The van der Waals surface area contributed by atoms with Gasteiger partial charge in [0.1, 0.15) is 0 Å². The molecule has 0 aromatic carbocycles. The Labute approximate surface area is 85.6 Å².